The van der Waals surface area contributed by atoms with Gasteiger partial charge in [0.1, 0.15) is 0 Å². The van der Waals surface area contributed by atoms with Crippen molar-refractivity contribution in [3.8, 4) is 22.3 Å². The molecule has 0 bridgehead atoms. The lowest BCUT2D eigenvalue weighted by Gasteiger charge is -2.36. The summed E-state index contributed by atoms with van der Waals surface area (Å²) in [6.07, 6.45) is -26.3. The van der Waals surface area contributed by atoms with E-state index in [1.165, 1.54) is 31.3 Å². The molecule has 4 aromatic rings. The summed E-state index contributed by atoms with van der Waals surface area (Å²) in [5, 5.41) is 20.9. The van der Waals surface area contributed by atoms with Gasteiger partial charge in [-0.05, 0) is 102 Å². The summed E-state index contributed by atoms with van der Waals surface area (Å²) in [5.41, 5.74) is -21.4. The first-order valence-electron chi connectivity index (χ1n) is 16.4. The molecule has 0 saturated carbocycles. The number of fused-ring (bicyclic) bond motifs is 2. The molecule has 0 aromatic heterocycles. The Morgan fingerprint density at radius 3 is 1.26 bits per heavy atom. The molecule has 2 aliphatic rings. The van der Waals surface area contributed by atoms with Crippen molar-refractivity contribution in [1.29, 1.82) is 0 Å². The average molecular weight is 833 g/mol. The summed E-state index contributed by atoms with van der Waals surface area (Å²) < 4.78 is 171. The number of aliphatic hydroxyl groups is 2. The van der Waals surface area contributed by atoms with Crippen molar-refractivity contribution in [3.63, 3.8) is 0 Å². The molecule has 0 fully saturated rings. The third-order valence-corrected chi connectivity index (χ3v) is 10.2. The van der Waals surface area contributed by atoms with Crippen molar-refractivity contribution < 1.29 is 82.1 Å². The molecule has 4 aromatic carbocycles. The fourth-order valence-corrected chi connectivity index (χ4v) is 7.10. The number of anilines is 1. The van der Waals surface area contributed by atoms with Crippen molar-refractivity contribution in [2.24, 2.45) is 0 Å². The van der Waals surface area contributed by atoms with E-state index in [1.54, 1.807) is 0 Å². The quantitative estimate of drug-likeness (QED) is 0.154. The highest BCUT2D eigenvalue weighted by Crippen LogP contribution is 2.56. The van der Waals surface area contributed by atoms with E-state index in [0.29, 0.717) is 12.1 Å². The van der Waals surface area contributed by atoms with Gasteiger partial charge in [-0.25, -0.2) is 4.90 Å². The molecule has 2 aliphatic heterocycles. The smallest absolute Gasteiger partial charge is 0.369 e. The van der Waals surface area contributed by atoms with E-state index in [1.807, 2.05) is 0 Å². The number of carbonyl (C=O) groups excluding carboxylic acids is 4. The molecule has 0 radical (unpaired) electrons. The van der Waals surface area contributed by atoms with Crippen LogP contribution in [0.15, 0.2) is 60.7 Å². The van der Waals surface area contributed by atoms with Crippen molar-refractivity contribution in [2.45, 2.75) is 56.7 Å². The van der Waals surface area contributed by atoms with Gasteiger partial charge < -0.3 is 10.2 Å². The molecular formula is C38H24F12N2O6. The minimum Gasteiger partial charge on any atom is -0.369 e. The lowest BCUT2D eigenvalue weighted by atomic mass is 9.82. The Balaban J connectivity index is 1.58. The standard InChI is InChI=1S/C38H24F12N2O6/c1-15-9-17(3)26(33(57,35(39,40)41)36(42,43)44)13-22(15)23-14-27(34(58,37(45,46)47)38(48,49)50)28(10-16(23)2)52-31(55)21-8-6-19(12-25(21)32(52)56)18-5-7-20-24(11-18)30(54)51(4)29(20)53/h5-14,57-58H,1-4H3. The SMILES string of the molecule is Cc1cc(C)c(C(O)(C(F)(F)F)C(F)(F)F)cc1-c1cc(C(O)(C(F)(F)F)C(F)(F)F)c(N2C(=O)c3ccc(-c4ccc5c(c4)C(=O)N(C)C5=O)cc3C2=O)cc1C. The summed E-state index contributed by atoms with van der Waals surface area (Å²) in [6.45, 7) is 2.71. The molecule has 58 heavy (non-hydrogen) atoms. The largest absolute Gasteiger partial charge is 0.430 e. The van der Waals surface area contributed by atoms with Crippen LogP contribution in [0.1, 0.15) is 69.2 Å². The molecular weight excluding hydrogens is 808 g/mol. The average Bonchev–Trinajstić information content (AvgIpc) is 3.48. The normalized spacial score (nSPS) is 15.5. The Morgan fingerprint density at radius 1 is 0.431 bits per heavy atom. The van der Waals surface area contributed by atoms with Gasteiger partial charge in [0.05, 0.1) is 27.9 Å². The summed E-state index contributed by atoms with van der Waals surface area (Å²) in [6, 6.07) is 8.26. The van der Waals surface area contributed by atoms with Crippen LogP contribution in [0.3, 0.4) is 0 Å². The van der Waals surface area contributed by atoms with E-state index in [2.05, 4.69) is 0 Å². The van der Waals surface area contributed by atoms with Crippen molar-refractivity contribution in [3.05, 3.63) is 111 Å². The van der Waals surface area contributed by atoms with Crippen LogP contribution in [-0.4, -0.2) is 70.5 Å². The number of aryl methyl sites for hydroxylation is 3. The van der Waals surface area contributed by atoms with Gasteiger partial charge in [-0.1, -0.05) is 18.2 Å². The van der Waals surface area contributed by atoms with Gasteiger partial charge in [0.25, 0.3) is 34.8 Å². The zero-order valence-electron chi connectivity index (χ0n) is 29.7. The number of hydrogen-bond acceptors (Lipinski definition) is 6. The zero-order chi connectivity index (χ0) is 43.6. The van der Waals surface area contributed by atoms with Crippen LogP contribution >= 0.6 is 0 Å². The molecule has 0 saturated heterocycles. The molecule has 306 valence electrons. The Labute approximate surface area is 317 Å². The summed E-state index contributed by atoms with van der Waals surface area (Å²) in [4.78, 5) is 53.3. The van der Waals surface area contributed by atoms with Crippen LogP contribution in [0.4, 0.5) is 58.4 Å². The van der Waals surface area contributed by atoms with Gasteiger partial charge in [-0.15, -0.1) is 0 Å². The minimum atomic E-state index is -6.70. The van der Waals surface area contributed by atoms with E-state index in [9.17, 15) is 82.1 Å². The lowest BCUT2D eigenvalue weighted by molar-refractivity contribution is -0.376. The predicted molar refractivity (Wildman–Crippen MR) is 178 cm³/mol. The molecule has 2 N–H and O–H groups in total. The molecule has 6 rings (SSSR count). The zero-order valence-corrected chi connectivity index (χ0v) is 29.7. The maximum absolute atomic E-state index is 14.6. The summed E-state index contributed by atoms with van der Waals surface area (Å²) in [5.74, 6) is -4.30. The van der Waals surface area contributed by atoms with Crippen LogP contribution in [0.25, 0.3) is 22.3 Å². The van der Waals surface area contributed by atoms with Crippen LogP contribution in [0, 0.1) is 20.8 Å². The molecule has 0 spiro atoms. The van der Waals surface area contributed by atoms with Crippen molar-refractivity contribution in [2.75, 3.05) is 11.9 Å². The number of amides is 4. The molecule has 0 unspecified atom stereocenters. The topological polar surface area (TPSA) is 115 Å². The first-order valence-corrected chi connectivity index (χ1v) is 16.4. The number of hydrogen-bond donors (Lipinski definition) is 2. The lowest BCUT2D eigenvalue weighted by Crippen LogP contribution is -2.54. The molecule has 20 heteroatoms. The highest BCUT2D eigenvalue weighted by Gasteiger charge is 2.73. The van der Waals surface area contributed by atoms with E-state index in [4.69, 9.17) is 0 Å². The summed E-state index contributed by atoms with van der Waals surface area (Å²) >= 11 is 0. The van der Waals surface area contributed by atoms with Gasteiger partial charge in [0, 0.05) is 18.2 Å². The fraction of sp³-hybridized carbons (Fsp3) is 0.263. The Kier molecular flexibility index (Phi) is 9.29. The number of alkyl halides is 12. The second-order valence-corrected chi connectivity index (χ2v) is 13.7. The van der Waals surface area contributed by atoms with Gasteiger partial charge in [-0.3, -0.25) is 24.1 Å². The van der Waals surface area contributed by atoms with E-state index < -0.39 is 110 Å². The number of carbonyl (C=O) groups is 4. The fourth-order valence-electron chi connectivity index (χ4n) is 7.10. The van der Waals surface area contributed by atoms with Gasteiger partial charge in [0.15, 0.2) is 0 Å². The van der Waals surface area contributed by atoms with E-state index >= 15 is 0 Å². The monoisotopic (exact) mass is 832 g/mol. The molecule has 0 aliphatic carbocycles. The van der Waals surface area contributed by atoms with Crippen LogP contribution < -0.4 is 4.90 Å². The van der Waals surface area contributed by atoms with E-state index in [-0.39, 0.29) is 44.8 Å². The van der Waals surface area contributed by atoms with E-state index in [0.717, 1.165) is 37.8 Å². The Bertz CT molecular complexity index is 2460. The molecule has 4 amide bonds. The minimum absolute atomic E-state index is 0.0363. The van der Waals surface area contributed by atoms with Crippen LogP contribution in [0.5, 0.6) is 0 Å². The van der Waals surface area contributed by atoms with Crippen molar-refractivity contribution >= 4 is 29.3 Å². The molecule has 0 atom stereocenters. The third-order valence-electron chi connectivity index (χ3n) is 10.2. The molecule has 8 nitrogen and oxygen atoms in total. The highest BCUT2D eigenvalue weighted by atomic mass is 19.4. The molecule has 2 heterocycles. The summed E-state index contributed by atoms with van der Waals surface area (Å²) in [7, 11) is 1.22. The van der Waals surface area contributed by atoms with Gasteiger partial charge in [-0.2, -0.15) is 52.7 Å². The Hall–Kier alpha value is -5.76. The maximum atomic E-state index is 14.6. The third kappa shape index (κ3) is 5.85. The maximum Gasteiger partial charge on any atom is 0.430 e. The van der Waals surface area contributed by atoms with Gasteiger partial charge in [0.2, 0.25) is 0 Å². The number of nitrogens with zero attached hydrogens (tertiary/aromatic N) is 2. The second-order valence-electron chi connectivity index (χ2n) is 13.7. The number of imide groups is 2. The number of rotatable bonds is 5. The van der Waals surface area contributed by atoms with Crippen LogP contribution in [-0.2, 0) is 11.2 Å². The first kappa shape index (κ1) is 41.9. The van der Waals surface area contributed by atoms with Crippen LogP contribution in [0.2, 0.25) is 0 Å². The number of halogens is 12. The second kappa shape index (κ2) is 12.9. The van der Waals surface area contributed by atoms with Gasteiger partial charge >= 0.3 is 24.7 Å². The first-order chi connectivity index (χ1) is 26.4. The highest BCUT2D eigenvalue weighted by molar-refractivity contribution is 6.35. The Morgan fingerprint density at radius 2 is 0.793 bits per heavy atom. The van der Waals surface area contributed by atoms with Crippen molar-refractivity contribution in [1.82, 2.24) is 4.90 Å². The predicted octanol–water partition coefficient (Wildman–Crippen LogP) is 8.60. The number of benzene rings is 4.